The summed E-state index contributed by atoms with van der Waals surface area (Å²) < 4.78 is 6.14. The predicted molar refractivity (Wildman–Crippen MR) is 105 cm³/mol. The molecule has 0 fully saturated rings. The summed E-state index contributed by atoms with van der Waals surface area (Å²) in [7, 11) is 1.84. The first-order chi connectivity index (χ1) is 11.5. The molecule has 0 spiro atoms. The maximum atomic E-state index is 12.2. The van der Waals surface area contributed by atoms with Crippen molar-refractivity contribution in [3.05, 3.63) is 27.4 Å². The Hall–Kier alpha value is -1.00. The minimum absolute atomic E-state index is 0.328. The van der Waals surface area contributed by atoms with Crippen molar-refractivity contribution < 1.29 is 9.53 Å². The highest BCUT2D eigenvalue weighted by Crippen LogP contribution is 2.31. The smallest absolute Gasteiger partial charge is 0.358 e. The second-order valence-corrected chi connectivity index (χ2v) is 7.52. The van der Waals surface area contributed by atoms with Crippen LogP contribution >= 0.6 is 45.5 Å². The van der Waals surface area contributed by atoms with Crippen LogP contribution in [0.4, 0.5) is 10.9 Å². The van der Waals surface area contributed by atoms with Crippen molar-refractivity contribution in [2.45, 2.75) is 26.7 Å². The van der Waals surface area contributed by atoms with Crippen LogP contribution in [0.2, 0.25) is 5.15 Å². The summed E-state index contributed by atoms with van der Waals surface area (Å²) in [6.45, 7) is 3.98. The molecule has 0 aliphatic carbocycles. The van der Waals surface area contributed by atoms with Crippen molar-refractivity contribution in [1.29, 1.82) is 0 Å². The number of anilines is 2. The van der Waals surface area contributed by atoms with Crippen molar-refractivity contribution in [1.82, 2.24) is 15.2 Å². The minimum atomic E-state index is -0.379. The summed E-state index contributed by atoms with van der Waals surface area (Å²) in [4.78, 5) is 19.4. The first kappa shape index (κ1) is 19.3. The number of esters is 1. The van der Waals surface area contributed by atoms with E-state index in [2.05, 4.69) is 37.8 Å². The number of aryl methyl sites for hydroxylation is 2. The number of alkyl halides is 1. The summed E-state index contributed by atoms with van der Waals surface area (Å²) >= 11 is 9.73. The number of aromatic nitrogens is 3. The van der Waals surface area contributed by atoms with Crippen LogP contribution in [-0.4, -0.2) is 39.2 Å². The minimum Gasteiger partial charge on any atom is -0.461 e. The summed E-state index contributed by atoms with van der Waals surface area (Å²) in [5, 5.41) is 9.07. The number of carbonyl (C=O) groups is 1. The molecule has 2 rings (SSSR count). The zero-order chi connectivity index (χ0) is 17.7. The third kappa shape index (κ3) is 4.54. The number of ether oxygens (including phenoxy) is 1. The molecule has 2 aromatic rings. The number of hydrogen-bond acceptors (Lipinski definition) is 7. The molecule has 0 saturated carbocycles. The molecule has 6 nitrogen and oxygen atoms in total. The number of rotatable bonds is 7. The molecule has 24 heavy (non-hydrogen) atoms. The van der Waals surface area contributed by atoms with Gasteiger partial charge in [0.05, 0.1) is 6.61 Å². The van der Waals surface area contributed by atoms with E-state index in [4.69, 9.17) is 16.3 Å². The molecule has 0 aliphatic rings. The predicted octanol–water partition coefficient (Wildman–Crippen LogP) is 4.21. The van der Waals surface area contributed by atoms with Gasteiger partial charge in [0.1, 0.15) is 0 Å². The highest BCUT2D eigenvalue weighted by molar-refractivity contribution is 14.1. The molecule has 130 valence electrons. The van der Waals surface area contributed by atoms with E-state index in [9.17, 15) is 4.79 Å². The first-order valence-corrected chi connectivity index (χ1v) is 10.2. The lowest BCUT2D eigenvalue weighted by Crippen LogP contribution is -2.13. The molecule has 0 bridgehead atoms. The second-order valence-electron chi connectivity index (χ2n) is 5.02. The molecule has 0 unspecified atom stereocenters. The molecule has 0 N–H and O–H groups in total. The second kappa shape index (κ2) is 8.91. The Kier molecular flexibility index (Phi) is 7.17. The van der Waals surface area contributed by atoms with Crippen LogP contribution in [0.1, 0.15) is 34.3 Å². The van der Waals surface area contributed by atoms with Gasteiger partial charge in [-0.3, -0.25) is 0 Å². The Morgan fingerprint density at radius 1 is 1.46 bits per heavy atom. The van der Waals surface area contributed by atoms with Crippen molar-refractivity contribution in [3.63, 3.8) is 0 Å². The lowest BCUT2D eigenvalue weighted by Gasteiger charge is -2.14. The van der Waals surface area contributed by atoms with E-state index in [-0.39, 0.29) is 5.97 Å². The van der Waals surface area contributed by atoms with E-state index >= 15 is 0 Å². The Balaban J connectivity index is 2.34. The van der Waals surface area contributed by atoms with E-state index in [1.54, 1.807) is 11.8 Å². The largest absolute Gasteiger partial charge is 0.461 e. The van der Waals surface area contributed by atoms with Crippen LogP contribution in [0, 0.1) is 6.92 Å². The van der Waals surface area contributed by atoms with Crippen molar-refractivity contribution in [2.24, 2.45) is 0 Å². The third-order valence-electron chi connectivity index (χ3n) is 3.23. The van der Waals surface area contributed by atoms with Gasteiger partial charge in [-0.15, -0.1) is 21.5 Å². The molecule has 0 saturated heterocycles. The highest BCUT2D eigenvalue weighted by atomic mass is 127. The summed E-state index contributed by atoms with van der Waals surface area (Å²) in [6.07, 6.45) is 1.78. The SMILES string of the molecule is CCOC(=O)c1nc(N(C)c2cc(C)c(Cl)nn2)sc1CCCI. The summed E-state index contributed by atoms with van der Waals surface area (Å²) in [5.74, 6) is 0.247. The van der Waals surface area contributed by atoms with Gasteiger partial charge in [0, 0.05) is 11.9 Å². The van der Waals surface area contributed by atoms with Gasteiger partial charge in [0.15, 0.2) is 21.8 Å². The number of carbonyl (C=O) groups excluding carboxylic acids is 1. The summed E-state index contributed by atoms with van der Waals surface area (Å²) in [6, 6.07) is 1.84. The van der Waals surface area contributed by atoms with Crippen molar-refractivity contribution in [2.75, 3.05) is 23.0 Å². The van der Waals surface area contributed by atoms with E-state index in [0.717, 1.165) is 27.7 Å². The number of hydrogen-bond donors (Lipinski definition) is 0. The topological polar surface area (TPSA) is 68.2 Å². The van der Waals surface area contributed by atoms with E-state index in [1.807, 2.05) is 20.0 Å². The molecule has 9 heteroatoms. The zero-order valence-electron chi connectivity index (χ0n) is 13.7. The Morgan fingerprint density at radius 3 is 2.83 bits per heavy atom. The molecule has 2 aromatic heterocycles. The lowest BCUT2D eigenvalue weighted by molar-refractivity contribution is 0.0519. The molecule has 0 aromatic carbocycles. The van der Waals surface area contributed by atoms with Crippen LogP contribution in [-0.2, 0) is 11.2 Å². The Labute approximate surface area is 163 Å². The van der Waals surface area contributed by atoms with Gasteiger partial charge in [-0.25, -0.2) is 9.78 Å². The van der Waals surface area contributed by atoms with Gasteiger partial charge in [-0.05, 0) is 42.7 Å². The molecular formula is C15H18ClIN4O2S. The Morgan fingerprint density at radius 2 is 2.21 bits per heavy atom. The molecule has 0 aliphatic heterocycles. The Bertz CT molecular complexity index is 725. The van der Waals surface area contributed by atoms with Crippen molar-refractivity contribution >= 4 is 62.4 Å². The van der Waals surface area contributed by atoms with Crippen LogP contribution < -0.4 is 4.90 Å². The maximum Gasteiger partial charge on any atom is 0.358 e. The quantitative estimate of drug-likeness (QED) is 0.336. The zero-order valence-corrected chi connectivity index (χ0v) is 17.4. The fourth-order valence-electron chi connectivity index (χ4n) is 1.96. The van der Waals surface area contributed by atoms with Gasteiger partial charge in [0.25, 0.3) is 0 Å². The average Bonchev–Trinajstić information content (AvgIpc) is 2.99. The highest BCUT2D eigenvalue weighted by Gasteiger charge is 2.22. The lowest BCUT2D eigenvalue weighted by atomic mass is 10.2. The normalized spacial score (nSPS) is 10.7. The third-order valence-corrected chi connectivity index (χ3v) is 5.56. The fourth-order valence-corrected chi connectivity index (χ4v) is 3.49. The van der Waals surface area contributed by atoms with Crippen molar-refractivity contribution in [3.8, 4) is 0 Å². The molecule has 2 heterocycles. The molecule has 0 radical (unpaired) electrons. The standard InChI is InChI=1S/C15H18ClIN4O2S/c1-4-23-14(22)12-10(6-5-7-17)24-15(18-12)21(3)11-8-9(2)13(16)20-19-11/h8H,4-7H2,1-3H3. The number of halogens is 2. The number of nitrogens with zero attached hydrogens (tertiary/aromatic N) is 4. The van der Waals surface area contributed by atoms with Crippen LogP contribution in [0.25, 0.3) is 0 Å². The van der Waals surface area contributed by atoms with Gasteiger partial charge in [0.2, 0.25) is 0 Å². The molecule has 0 amide bonds. The van der Waals surface area contributed by atoms with Gasteiger partial charge in [-0.2, -0.15) is 0 Å². The van der Waals surface area contributed by atoms with Gasteiger partial charge >= 0.3 is 5.97 Å². The van der Waals surface area contributed by atoms with E-state index in [1.165, 1.54) is 11.3 Å². The average molecular weight is 481 g/mol. The van der Waals surface area contributed by atoms with E-state index < -0.39 is 0 Å². The van der Waals surface area contributed by atoms with Gasteiger partial charge < -0.3 is 9.64 Å². The fraction of sp³-hybridized carbons (Fsp3) is 0.467. The molecule has 0 atom stereocenters. The maximum absolute atomic E-state index is 12.2. The van der Waals surface area contributed by atoms with Crippen LogP contribution in [0.5, 0.6) is 0 Å². The van der Waals surface area contributed by atoms with Crippen LogP contribution in [0.3, 0.4) is 0 Å². The van der Waals surface area contributed by atoms with E-state index in [0.29, 0.717) is 28.4 Å². The van der Waals surface area contributed by atoms with Crippen LogP contribution in [0.15, 0.2) is 6.07 Å². The summed E-state index contributed by atoms with van der Waals surface area (Å²) in [5.41, 5.74) is 1.23. The molecular weight excluding hydrogens is 463 g/mol. The monoisotopic (exact) mass is 480 g/mol. The number of thiazole rings is 1. The first-order valence-electron chi connectivity index (χ1n) is 7.44. The van der Waals surface area contributed by atoms with Gasteiger partial charge in [-0.1, -0.05) is 34.2 Å².